The predicted octanol–water partition coefficient (Wildman–Crippen LogP) is -0.229. The van der Waals surface area contributed by atoms with Gasteiger partial charge in [0.2, 0.25) is 20.0 Å². The van der Waals surface area contributed by atoms with Crippen molar-refractivity contribution in [3.63, 3.8) is 0 Å². The molecule has 3 N–H and O–H groups in total. The van der Waals surface area contributed by atoms with Crippen LogP contribution in [0.3, 0.4) is 0 Å². The van der Waals surface area contributed by atoms with Crippen LogP contribution in [0.5, 0.6) is 0 Å². The summed E-state index contributed by atoms with van der Waals surface area (Å²) in [5.41, 5.74) is 0. The molecule has 0 spiro atoms. The monoisotopic (exact) mass is 282 g/mol. The van der Waals surface area contributed by atoms with Gasteiger partial charge in [-0.1, -0.05) is 6.92 Å². The highest BCUT2D eigenvalue weighted by molar-refractivity contribution is 7.89. The molecule has 17 heavy (non-hydrogen) atoms. The van der Waals surface area contributed by atoms with E-state index in [0.717, 1.165) is 12.1 Å². The molecule has 0 atom stereocenters. The van der Waals surface area contributed by atoms with E-state index in [-0.39, 0.29) is 6.54 Å². The van der Waals surface area contributed by atoms with Crippen molar-refractivity contribution >= 4 is 20.0 Å². The molecule has 0 heterocycles. The van der Waals surface area contributed by atoms with Gasteiger partial charge in [-0.05, 0) is 18.2 Å². The second-order valence-corrected chi connectivity index (χ2v) is 6.44. The summed E-state index contributed by atoms with van der Waals surface area (Å²) in [6, 6.07) is 2.36. The number of halogens is 1. The van der Waals surface area contributed by atoms with E-state index in [9.17, 15) is 21.2 Å². The minimum atomic E-state index is -4.06. The summed E-state index contributed by atoms with van der Waals surface area (Å²) in [7, 11) is -8.02. The molecule has 0 unspecified atom stereocenters. The molecule has 9 heteroatoms. The molecule has 0 radical (unpaired) electrons. The van der Waals surface area contributed by atoms with Gasteiger partial charge in [-0.3, -0.25) is 0 Å². The van der Waals surface area contributed by atoms with Gasteiger partial charge >= 0.3 is 0 Å². The lowest BCUT2D eigenvalue weighted by atomic mass is 10.3. The Bertz CT molecular complexity index is 625. The summed E-state index contributed by atoms with van der Waals surface area (Å²) in [5, 5.41) is 4.78. The number of hydrogen-bond donors (Lipinski definition) is 2. The zero-order chi connectivity index (χ0) is 13.3. The van der Waals surface area contributed by atoms with Crippen molar-refractivity contribution in [3.8, 4) is 0 Å². The molecule has 1 rings (SSSR count). The van der Waals surface area contributed by atoms with Gasteiger partial charge in [0, 0.05) is 6.54 Å². The first kappa shape index (κ1) is 14.0. The number of rotatable bonds is 4. The smallest absolute Gasteiger partial charge is 0.225 e. The van der Waals surface area contributed by atoms with E-state index in [0.29, 0.717) is 6.07 Å². The van der Waals surface area contributed by atoms with E-state index >= 15 is 0 Å². The van der Waals surface area contributed by atoms with Crippen LogP contribution in [0.1, 0.15) is 6.92 Å². The topological polar surface area (TPSA) is 106 Å². The van der Waals surface area contributed by atoms with E-state index in [1.165, 1.54) is 6.92 Å². The summed E-state index contributed by atoms with van der Waals surface area (Å²) in [6.07, 6.45) is 0. The number of nitrogens with one attached hydrogen (secondary N) is 1. The first-order valence-corrected chi connectivity index (χ1v) is 7.53. The largest absolute Gasteiger partial charge is 0.243 e. The third-order valence-corrected chi connectivity index (χ3v) is 4.35. The van der Waals surface area contributed by atoms with Gasteiger partial charge in [0.1, 0.15) is 10.7 Å². The summed E-state index contributed by atoms with van der Waals surface area (Å²) in [6.45, 7) is 1.63. The van der Waals surface area contributed by atoms with Gasteiger partial charge in [-0.15, -0.1) is 0 Å². The Morgan fingerprint density at radius 1 is 1.29 bits per heavy atom. The van der Waals surface area contributed by atoms with Gasteiger partial charge in [-0.2, -0.15) is 0 Å². The fraction of sp³-hybridized carbons (Fsp3) is 0.250. The number of benzene rings is 1. The van der Waals surface area contributed by atoms with Crippen LogP contribution in [-0.4, -0.2) is 23.4 Å². The van der Waals surface area contributed by atoms with Crippen LogP contribution in [0.4, 0.5) is 4.39 Å². The Balaban J connectivity index is 3.34. The molecule has 0 saturated heterocycles. The molecule has 0 aliphatic heterocycles. The molecule has 0 aliphatic rings. The van der Waals surface area contributed by atoms with Crippen molar-refractivity contribution in [2.24, 2.45) is 5.14 Å². The number of sulfonamides is 2. The summed E-state index contributed by atoms with van der Waals surface area (Å²) < 4.78 is 60.3. The van der Waals surface area contributed by atoms with Crippen molar-refractivity contribution in [3.05, 3.63) is 24.0 Å². The van der Waals surface area contributed by atoms with Crippen LogP contribution in [0.2, 0.25) is 0 Å². The van der Waals surface area contributed by atoms with E-state index in [4.69, 9.17) is 5.14 Å². The lowest BCUT2D eigenvalue weighted by Gasteiger charge is -2.06. The van der Waals surface area contributed by atoms with Crippen LogP contribution < -0.4 is 9.86 Å². The lowest BCUT2D eigenvalue weighted by Crippen LogP contribution is -2.24. The zero-order valence-corrected chi connectivity index (χ0v) is 10.5. The molecule has 0 saturated carbocycles. The molecule has 0 amide bonds. The summed E-state index contributed by atoms with van der Waals surface area (Å²) >= 11 is 0. The SMILES string of the molecule is CCNS(=O)(=O)c1ccc(S(N)(=O)=O)cc1F. The second kappa shape index (κ2) is 4.69. The number of nitrogens with two attached hydrogens (primary N) is 1. The van der Waals surface area contributed by atoms with E-state index in [1.807, 2.05) is 0 Å². The van der Waals surface area contributed by atoms with E-state index < -0.39 is 35.7 Å². The molecule has 0 aliphatic carbocycles. The molecular weight excluding hydrogens is 271 g/mol. The van der Waals surface area contributed by atoms with Gasteiger partial charge in [0.15, 0.2) is 0 Å². The first-order chi connectivity index (χ1) is 7.68. The molecule has 0 aromatic heterocycles. The maximum absolute atomic E-state index is 13.5. The van der Waals surface area contributed by atoms with Gasteiger partial charge in [-0.25, -0.2) is 31.1 Å². The second-order valence-electron chi connectivity index (χ2n) is 3.14. The highest BCUT2D eigenvalue weighted by Gasteiger charge is 2.20. The number of hydrogen-bond acceptors (Lipinski definition) is 4. The normalized spacial score (nSPS) is 12.6. The minimum absolute atomic E-state index is 0.0959. The molecule has 0 fully saturated rings. The van der Waals surface area contributed by atoms with Crippen LogP contribution in [0, 0.1) is 5.82 Å². The van der Waals surface area contributed by atoms with Crippen molar-refractivity contribution in [1.29, 1.82) is 0 Å². The standard InChI is InChI=1S/C8H11FN2O4S2/c1-2-11-17(14,15)8-4-3-6(5-7(8)9)16(10,12)13/h3-5,11H,2H2,1H3,(H2,10,12,13). The Kier molecular flexibility index (Phi) is 3.87. The maximum Gasteiger partial charge on any atom is 0.243 e. The molecule has 1 aromatic carbocycles. The molecular formula is C8H11FN2O4S2. The minimum Gasteiger partial charge on any atom is -0.225 e. The van der Waals surface area contributed by atoms with Gasteiger partial charge in [0.05, 0.1) is 4.90 Å². The van der Waals surface area contributed by atoms with Crippen LogP contribution in [-0.2, 0) is 20.0 Å². The highest BCUT2D eigenvalue weighted by atomic mass is 32.2. The fourth-order valence-corrected chi connectivity index (χ4v) is 2.77. The average Bonchev–Trinajstić information content (AvgIpc) is 2.15. The van der Waals surface area contributed by atoms with Crippen molar-refractivity contribution in [2.75, 3.05) is 6.54 Å². The molecule has 96 valence electrons. The summed E-state index contributed by atoms with van der Waals surface area (Å²) in [5.74, 6) is -1.17. The highest BCUT2D eigenvalue weighted by Crippen LogP contribution is 2.17. The van der Waals surface area contributed by atoms with Crippen molar-refractivity contribution in [1.82, 2.24) is 4.72 Å². The van der Waals surface area contributed by atoms with Crippen LogP contribution in [0.25, 0.3) is 0 Å². The Morgan fingerprint density at radius 3 is 2.29 bits per heavy atom. The fourth-order valence-electron chi connectivity index (χ4n) is 1.14. The Labute approximate surface area is 98.7 Å². The molecule has 0 bridgehead atoms. The van der Waals surface area contributed by atoms with Crippen molar-refractivity contribution in [2.45, 2.75) is 16.7 Å². The first-order valence-electron chi connectivity index (χ1n) is 4.50. The van der Waals surface area contributed by atoms with Crippen LogP contribution in [0.15, 0.2) is 28.0 Å². The van der Waals surface area contributed by atoms with Crippen LogP contribution >= 0.6 is 0 Å². The quantitative estimate of drug-likeness (QED) is 0.795. The zero-order valence-electron chi connectivity index (χ0n) is 8.84. The maximum atomic E-state index is 13.5. The predicted molar refractivity (Wildman–Crippen MR) is 58.6 cm³/mol. The lowest BCUT2D eigenvalue weighted by molar-refractivity contribution is 0.554. The van der Waals surface area contributed by atoms with Gasteiger partial charge in [0.25, 0.3) is 0 Å². The molecule has 1 aromatic rings. The van der Waals surface area contributed by atoms with Gasteiger partial charge < -0.3 is 0 Å². The Hall–Kier alpha value is -1.03. The Morgan fingerprint density at radius 2 is 1.88 bits per heavy atom. The third-order valence-electron chi connectivity index (χ3n) is 1.86. The van der Waals surface area contributed by atoms with E-state index in [2.05, 4.69) is 4.72 Å². The number of primary sulfonamides is 1. The summed E-state index contributed by atoms with van der Waals surface area (Å²) in [4.78, 5) is -1.10. The molecule has 6 nitrogen and oxygen atoms in total. The average molecular weight is 282 g/mol. The van der Waals surface area contributed by atoms with E-state index in [1.54, 1.807) is 0 Å². The van der Waals surface area contributed by atoms with Crippen molar-refractivity contribution < 1.29 is 21.2 Å². The third kappa shape index (κ3) is 3.22.